The van der Waals surface area contributed by atoms with E-state index in [2.05, 4.69) is 130 Å². The molecular weight excluding hydrogens is 961 g/mol. The highest BCUT2D eigenvalue weighted by atomic mass is 16.6. The molecule has 0 saturated heterocycles. The summed E-state index contributed by atoms with van der Waals surface area (Å²) < 4.78 is 16.9. The molecule has 1 unspecified atom stereocenters. The van der Waals surface area contributed by atoms with Crippen LogP contribution in [0.25, 0.3) is 0 Å². The van der Waals surface area contributed by atoms with Crippen molar-refractivity contribution in [1.82, 2.24) is 0 Å². The highest BCUT2D eigenvalue weighted by molar-refractivity contribution is 5.71. The van der Waals surface area contributed by atoms with Crippen LogP contribution in [-0.4, -0.2) is 37.2 Å². The number of carbonyl (C=O) groups is 3. The van der Waals surface area contributed by atoms with E-state index in [0.717, 1.165) is 135 Å². The molecule has 0 aliphatic heterocycles. The third-order valence-electron chi connectivity index (χ3n) is 14.0. The minimum Gasteiger partial charge on any atom is -0.462 e. The average molecular weight is 1080 g/mol. The van der Waals surface area contributed by atoms with Crippen molar-refractivity contribution in [3.63, 3.8) is 0 Å². The number of hydrogen-bond acceptors (Lipinski definition) is 6. The minimum absolute atomic E-state index is 0.0865. The Morgan fingerprint density at radius 3 is 0.795 bits per heavy atom. The molecule has 0 heterocycles. The number of unbranched alkanes of at least 4 members (excludes halogenated alkanes) is 30. The topological polar surface area (TPSA) is 78.9 Å². The molecule has 0 fully saturated rings. The van der Waals surface area contributed by atoms with Gasteiger partial charge in [0.05, 0.1) is 0 Å². The standard InChI is InChI=1S/C72H122O6/c1-4-7-10-13-16-19-22-25-28-29-30-31-32-33-34-35-36-37-38-39-40-41-42-43-45-47-50-53-56-59-62-65-71(74)77-68-69(67-76-70(73)64-61-58-55-52-49-46-27-24-21-18-15-12-9-6-3)78-72(75)66-63-60-57-54-51-48-44-26-23-20-17-14-11-8-5-2/h7-8,10-11,16-17,19-20,24-28,30-31,33-34,44,69H,4-6,9,12-15,18,21-23,29,32,35-43,45-68H2,1-3H3/b10-7-,11-8-,19-16-,20-17-,27-24-,28-25-,31-30-,34-33-,44-26-. The predicted octanol–water partition coefficient (Wildman–Crippen LogP) is 22.6. The molecule has 6 heteroatoms. The first-order valence-electron chi connectivity index (χ1n) is 32.9. The highest BCUT2D eigenvalue weighted by Gasteiger charge is 2.19. The van der Waals surface area contributed by atoms with Crippen molar-refractivity contribution in [3.8, 4) is 0 Å². The van der Waals surface area contributed by atoms with Gasteiger partial charge in [0.15, 0.2) is 6.10 Å². The van der Waals surface area contributed by atoms with E-state index in [1.807, 2.05) is 0 Å². The first-order chi connectivity index (χ1) is 38.5. The first kappa shape index (κ1) is 74.1. The van der Waals surface area contributed by atoms with Crippen LogP contribution >= 0.6 is 0 Å². The summed E-state index contributed by atoms with van der Waals surface area (Å²) in [5.74, 6) is -0.904. The van der Waals surface area contributed by atoms with Crippen LogP contribution in [0, 0.1) is 0 Å². The second-order valence-electron chi connectivity index (χ2n) is 21.6. The third-order valence-corrected chi connectivity index (χ3v) is 14.0. The number of ether oxygens (including phenoxy) is 3. The monoisotopic (exact) mass is 1080 g/mol. The SMILES string of the molecule is CC/C=C\C/C=C\C/C=C\C/C=C\C/C=C\CCCCCCCCCCCCCCCCCC(=O)OCC(COC(=O)CCCCCCC/C=C\CCCCCCC)OC(=O)CCCCCCC/C=C\C/C=C\C/C=C\CC. The maximum atomic E-state index is 12.9. The maximum absolute atomic E-state index is 12.9. The summed E-state index contributed by atoms with van der Waals surface area (Å²) in [6, 6.07) is 0. The van der Waals surface area contributed by atoms with Crippen molar-refractivity contribution in [2.24, 2.45) is 0 Å². The van der Waals surface area contributed by atoms with Gasteiger partial charge in [-0.3, -0.25) is 14.4 Å². The van der Waals surface area contributed by atoms with Crippen molar-refractivity contribution < 1.29 is 28.6 Å². The molecule has 0 N–H and O–H groups in total. The largest absolute Gasteiger partial charge is 0.462 e. The lowest BCUT2D eigenvalue weighted by Crippen LogP contribution is -2.30. The van der Waals surface area contributed by atoms with E-state index in [0.29, 0.717) is 19.3 Å². The van der Waals surface area contributed by atoms with Crippen LogP contribution in [0.1, 0.15) is 310 Å². The lowest BCUT2D eigenvalue weighted by molar-refractivity contribution is -0.167. The Labute approximate surface area is 482 Å². The fourth-order valence-corrected chi connectivity index (χ4v) is 9.13. The van der Waals surface area contributed by atoms with E-state index in [4.69, 9.17) is 14.2 Å². The fraction of sp³-hybridized carbons (Fsp3) is 0.708. The smallest absolute Gasteiger partial charge is 0.306 e. The minimum atomic E-state index is -0.791. The molecular formula is C72H122O6. The van der Waals surface area contributed by atoms with Gasteiger partial charge in [-0.25, -0.2) is 0 Å². The van der Waals surface area contributed by atoms with Crippen LogP contribution in [0.15, 0.2) is 109 Å². The molecule has 0 radical (unpaired) electrons. The molecule has 0 aromatic carbocycles. The van der Waals surface area contributed by atoms with Crippen molar-refractivity contribution in [2.45, 2.75) is 316 Å². The summed E-state index contributed by atoms with van der Waals surface area (Å²) in [4.78, 5) is 38.3. The van der Waals surface area contributed by atoms with Crippen LogP contribution in [-0.2, 0) is 28.6 Å². The van der Waals surface area contributed by atoms with E-state index in [1.165, 1.54) is 135 Å². The maximum Gasteiger partial charge on any atom is 0.306 e. The molecule has 0 saturated carbocycles. The van der Waals surface area contributed by atoms with E-state index in [9.17, 15) is 14.4 Å². The Morgan fingerprint density at radius 1 is 0.269 bits per heavy atom. The van der Waals surface area contributed by atoms with Gasteiger partial charge in [-0.05, 0) is 122 Å². The Bertz CT molecular complexity index is 1570. The van der Waals surface area contributed by atoms with Gasteiger partial charge in [0, 0.05) is 19.3 Å². The number of esters is 3. The number of hydrogen-bond donors (Lipinski definition) is 0. The Balaban J connectivity index is 4.23. The lowest BCUT2D eigenvalue weighted by atomic mass is 10.0. The molecule has 0 bridgehead atoms. The summed E-state index contributed by atoms with van der Waals surface area (Å²) in [6.45, 7) is 6.40. The molecule has 0 spiro atoms. The summed E-state index contributed by atoms with van der Waals surface area (Å²) in [5.41, 5.74) is 0. The Kier molecular flexibility index (Phi) is 62.3. The molecule has 0 aliphatic rings. The molecule has 78 heavy (non-hydrogen) atoms. The summed E-state index contributed by atoms with van der Waals surface area (Å²) in [7, 11) is 0. The van der Waals surface area contributed by atoms with Gasteiger partial charge in [0.25, 0.3) is 0 Å². The van der Waals surface area contributed by atoms with Crippen LogP contribution in [0.2, 0.25) is 0 Å². The number of carbonyl (C=O) groups excluding carboxylic acids is 3. The van der Waals surface area contributed by atoms with Crippen LogP contribution in [0.5, 0.6) is 0 Å². The highest BCUT2D eigenvalue weighted by Crippen LogP contribution is 2.16. The molecule has 446 valence electrons. The van der Waals surface area contributed by atoms with Crippen molar-refractivity contribution in [3.05, 3.63) is 109 Å². The van der Waals surface area contributed by atoms with Gasteiger partial charge >= 0.3 is 17.9 Å². The lowest BCUT2D eigenvalue weighted by Gasteiger charge is -2.18. The summed E-state index contributed by atoms with van der Waals surface area (Å²) in [5, 5.41) is 0. The fourth-order valence-electron chi connectivity index (χ4n) is 9.13. The molecule has 0 aromatic rings. The Hall–Kier alpha value is -3.93. The van der Waals surface area contributed by atoms with E-state index < -0.39 is 6.10 Å². The van der Waals surface area contributed by atoms with E-state index in [1.54, 1.807) is 0 Å². The second kappa shape index (κ2) is 65.6. The van der Waals surface area contributed by atoms with E-state index >= 15 is 0 Å². The second-order valence-corrected chi connectivity index (χ2v) is 21.6. The Morgan fingerprint density at radius 2 is 0.500 bits per heavy atom. The van der Waals surface area contributed by atoms with Crippen molar-refractivity contribution in [2.75, 3.05) is 13.2 Å². The van der Waals surface area contributed by atoms with Gasteiger partial charge in [-0.15, -0.1) is 0 Å². The van der Waals surface area contributed by atoms with Crippen molar-refractivity contribution in [1.29, 1.82) is 0 Å². The quantitative estimate of drug-likeness (QED) is 0.0261. The zero-order valence-electron chi connectivity index (χ0n) is 51.2. The van der Waals surface area contributed by atoms with Gasteiger partial charge in [-0.2, -0.15) is 0 Å². The first-order valence-corrected chi connectivity index (χ1v) is 32.9. The summed E-state index contributed by atoms with van der Waals surface area (Å²) in [6.07, 6.45) is 89.6. The third kappa shape index (κ3) is 62.9. The van der Waals surface area contributed by atoms with Gasteiger partial charge in [0.1, 0.15) is 13.2 Å². The number of rotatable bonds is 59. The van der Waals surface area contributed by atoms with Gasteiger partial charge in [0.2, 0.25) is 0 Å². The average Bonchev–Trinajstić information content (AvgIpc) is 3.44. The van der Waals surface area contributed by atoms with Crippen LogP contribution in [0.4, 0.5) is 0 Å². The number of allylic oxidation sites excluding steroid dienone is 18. The van der Waals surface area contributed by atoms with E-state index in [-0.39, 0.29) is 31.1 Å². The van der Waals surface area contributed by atoms with Gasteiger partial charge in [-0.1, -0.05) is 278 Å². The predicted molar refractivity (Wildman–Crippen MR) is 339 cm³/mol. The zero-order valence-corrected chi connectivity index (χ0v) is 51.2. The molecule has 0 amide bonds. The normalized spacial score (nSPS) is 12.8. The molecule has 0 aliphatic carbocycles. The molecule has 0 rings (SSSR count). The van der Waals surface area contributed by atoms with Crippen LogP contribution < -0.4 is 0 Å². The summed E-state index contributed by atoms with van der Waals surface area (Å²) >= 11 is 0. The van der Waals surface area contributed by atoms with Crippen molar-refractivity contribution >= 4 is 17.9 Å². The molecule has 6 nitrogen and oxygen atoms in total. The molecule has 1 atom stereocenters. The van der Waals surface area contributed by atoms with Gasteiger partial charge < -0.3 is 14.2 Å². The zero-order chi connectivity index (χ0) is 56.4. The molecule has 0 aromatic heterocycles. The van der Waals surface area contributed by atoms with Crippen LogP contribution in [0.3, 0.4) is 0 Å².